The lowest BCUT2D eigenvalue weighted by molar-refractivity contribution is -0.124. The molecule has 6 heteroatoms. The molecule has 0 spiro atoms. The Hall–Kier alpha value is -2.18. The van der Waals surface area contributed by atoms with Gasteiger partial charge < -0.3 is 15.5 Å². The fourth-order valence-electron chi connectivity index (χ4n) is 3.41. The molecule has 1 aliphatic rings. The summed E-state index contributed by atoms with van der Waals surface area (Å²) in [6.07, 6.45) is 3.87. The second kappa shape index (κ2) is 8.27. The first-order chi connectivity index (χ1) is 12.1. The van der Waals surface area contributed by atoms with Crippen molar-refractivity contribution in [3.05, 3.63) is 53.9 Å². The molecule has 1 amide bonds. The monoisotopic (exact) mass is 341 g/mol. The van der Waals surface area contributed by atoms with Crippen LogP contribution in [0.15, 0.2) is 42.7 Å². The molecule has 1 saturated heterocycles. The number of amides is 1. The number of likely N-dealkylation sites (N-methyl/N-ethyl adjacent to an activating group) is 1. The highest BCUT2D eigenvalue weighted by Crippen LogP contribution is 2.27. The van der Waals surface area contributed by atoms with Gasteiger partial charge in [-0.2, -0.15) is 5.10 Å². The number of carbonyl (C=O) groups is 1. The van der Waals surface area contributed by atoms with Crippen LogP contribution >= 0.6 is 0 Å². The van der Waals surface area contributed by atoms with E-state index in [4.69, 9.17) is 0 Å². The summed E-state index contributed by atoms with van der Waals surface area (Å²) in [6, 6.07) is 10.4. The van der Waals surface area contributed by atoms with Gasteiger partial charge in [0.25, 0.3) is 0 Å². The Kier molecular flexibility index (Phi) is 5.83. The van der Waals surface area contributed by atoms with Gasteiger partial charge in [-0.05, 0) is 18.2 Å². The minimum Gasteiger partial charge on any atom is -0.355 e. The highest BCUT2D eigenvalue weighted by Gasteiger charge is 2.34. The Morgan fingerprint density at radius 3 is 2.88 bits per heavy atom. The van der Waals surface area contributed by atoms with Crippen LogP contribution < -0.4 is 10.6 Å². The van der Waals surface area contributed by atoms with Crippen LogP contribution in [0.5, 0.6) is 0 Å². The molecular weight excluding hydrogens is 314 g/mol. The Labute approximate surface area is 149 Å². The SMILES string of the molecule is CN(CCNC(=O)[C@H]1CNC[C@@H]1c1cnn(C)c1)Cc1ccccc1. The van der Waals surface area contributed by atoms with Gasteiger partial charge in [-0.25, -0.2) is 0 Å². The first-order valence-electron chi connectivity index (χ1n) is 8.83. The molecule has 25 heavy (non-hydrogen) atoms. The number of aryl methyl sites for hydroxylation is 1. The molecule has 1 fully saturated rings. The summed E-state index contributed by atoms with van der Waals surface area (Å²) in [5.74, 6) is 0.311. The van der Waals surface area contributed by atoms with Crippen molar-refractivity contribution in [3.63, 3.8) is 0 Å². The van der Waals surface area contributed by atoms with Crippen molar-refractivity contribution >= 4 is 5.91 Å². The van der Waals surface area contributed by atoms with E-state index in [0.717, 1.165) is 31.7 Å². The maximum atomic E-state index is 12.6. The Morgan fingerprint density at radius 1 is 1.36 bits per heavy atom. The number of nitrogens with one attached hydrogen (secondary N) is 2. The van der Waals surface area contributed by atoms with Crippen LogP contribution in [0.3, 0.4) is 0 Å². The molecule has 2 aromatic rings. The molecule has 0 aliphatic carbocycles. The van der Waals surface area contributed by atoms with E-state index < -0.39 is 0 Å². The molecule has 1 aromatic carbocycles. The molecule has 1 aliphatic heterocycles. The van der Waals surface area contributed by atoms with Crippen LogP contribution in [0.2, 0.25) is 0 Å². The third-order valence-corrected chi connectivity index (χ3v) is 4.79. The maximum Gasteiger partial charge on any atom is 0.225 e. The van der Waals surface area contributed by atoms with Crippen LogP contribution in [0.25, 0.3) is 0 Å². The predicted octanol–water partition coefficient (Wildman–Crippen LogP) is 0.971. The van der Waals surface area contributed by atoms with Crippen molar-refractivity contribution < 1.29 is 4.79 Å². The Morgan fingerprint density at radius 2 is 2.16 bits per heavy atom. The van der Waals surface area contributed by atoms with Gasteiger partial charge in [-0.15, -0.1) is 0 Å². The Bertz CT molecular complexity index is 684. The molecular formula is C19H27N5O. The number of rotatable bonds is 7. The van der Waals surface area contributed by atoms with Crippen molar-refractivity contribution in [2.75, 3.05) is 33.2 Å². The average molecular weight is 341 g/mol. The summed E-state index contributed by atoms with van der Waals surface area (Å²) in [4.78, 5) is 14.8. The van der Waals surface area contributed by atoms with Crippen molar-refractivity contribution in [3.8, 4) is 0 Å². The van der Waals surface area contributed by atoms with Gasteiger partial charge in [0.05, 0.1) is 12.1 Å². The van der Waals surface area contributed by atoms with E-state index in [2.05, 4.69) is 51.9 Å². The number of aromatic nitrogens is 2. The first-order valence-corrected chi connectivity index (χ1v) is 8.83. The van der Waals surface area contributed by atoms with Crippen molar-refractivity contribution in [2.45, 2.75) is 12.5 Å². The second-order valence-corrected chi connectivity index (χ2v) is 6.83. The number of benzene rings is 1. The molecule has 0 radical (unpaired) electrons. The third-order valence-electron chi connectivity index (χ3n) is 4.79. The minimum absolute atomic E-state index is 0.0244. The molecule has 2 atom stereocenters. The van der Waals surface area contributed by atoms with E-state index in [1.807, 2.05) is 25.5 Å². The molecule has 1 aromatic heterocycles. The molecule has 3 rings (SSSR count). The quantitative estimate of drug-likeness (QED) is 0.788. The topological polar surface area (TPSA) is 62.2 Å². The fraction of sp³-hybridized carbons (Fsp3) is 0.474. The van der Waals surface area contributed by atoms with E-state index >= 15 is 0 Å². The first kappa shape index (κ1) is 17.6. The zero-order valence-corrected chi connectivity index (χ0v) is 15.0. The molecule has 2 N–H and O–H groups in total. The van der Waals surface area contributed by atoms with E-state index in [9.17, 15) is 4.79 Å². The summed E-state index contributed by atoms with van der Waals surface area (Å²) in [7, 11) is 3.98. The van der Waals surface area contributed by atoms with Crippen LogP contribution in [0, 0.1) is 5.92 Å². The summed E-state index contributed by atoms with van der Waals surface area (Å²) in [5.41, 5.74) is 2.42. The van der Waals surface area contributed by atoms with E-state index in [1.165, 1.54) is 5.56 Å². The van der Waals surface area contributed by atoms with Crippen LogP contribution in [0.4, 0.5) is 0 Å². The van der Waals surface area contributed by atoms with Gasteiger partial charge in [-0.3, -0.25) is 9.48 Å². The molecule has 0 bridgehead atoms. The molecule has 0 unspecified atom stereocenters. The van der Waals surface area contributed by atoms with Gasteiger partial charge in [0.15, 0.2) is 0 Å². The van der Waals surface area contributed by atoms with E-state index in [1.54, 1.807) is 4.68 Å². The lowest BCUT2D eigenvalue weighted by atomic mass is 9.90. The van der Waals surface area contributed by atoms with Gasteiger partial charge in [0, 0.05) is 51.9 Å². The van der Waals surface area contributed by atoms with Gasteiger partial charge in [-0.1, -0.05) is 30.3 Å². The molecule has 134 valence electrons. The smallest absolute Gasteiger partial charge is 0.225 e. The minimum atomic E-state index is -0.0244. The predicted molar refractivity (Wildman–Crippen MR) is 98.1 cm³/mol. The number of hydrogen-bond donors (Lipinski definition) is 2. The van der Waals surface area contributed by atoms with E-state index in [0.29, 0.717) is 6.54 Å². The van der Waals surface area contributed by atoms with Gasteiger partial charge in [0.2, 0.25) is 5.91 Å². The zero-order valence-electron chi connectivity index (χ0n) is 15.0. The molecule has 0 saturated carbocycles. The second-order valence-electron chi connectivity index (χ2n) is 6.83. The maximum absolute atomic E-state index is 12.6. The number of hydrogen-bond acceptors (Lipinski definition) is 4. The van der Waals surface area contributed by atoms with Crippen LogP contribution in [-0.2, 0) is 18.4 Å². The normalized spacial score (nSPS) is 20.1. The summed E-state index contributed by atoms with van der Waals surface area (Å²) < 4.78 is 1.79. The van der Waals surface area contributed by atoms with Crippen molar-refractivity contribution in [1.29, 1.82) is 0 Å². The summed E-state index contributed by atoms with van der Waals surface area (Å²) in [6.45, 7) is 3.94. The summed E-state index contributed by atoms with van der Waals surface area (Å²) in [5, 5.41) is 10.7. The van der Waals surface area contributed by atoms with Gasteiger partial charge in [0.1, 0.15) is 0 Å². The van der Waals surface area contributed by atoms with Crippen molar-refractivity contribution in [2.24, 2.45) is 13.0 Å². The largest absolute Gasteiger partial charge is 0.355 e. The highest BCUT2D eigenvalue weighted by atomic mass is 16.1. The van der Waals surface area contributed by atoms with Crippen LogP contribution in [-0.4, -0.2) is 53.8 Å². The molecule has 6 nitrogen and oxygen atoms in total. The summed E-state index contributed by atoms with van der Waals surface area (Å²) >= 11 is 0. The highest BCUT2D eigenvalue weighted by molar-refractivity contribution is 5.80. The molecule has 2 heterocycles. The standard InChI is InChI=1S/C19H27N5O/c1-23(13-15-6-4-3-5-7-15)9-8-21-19(25)18-12-20-11-17(18)16-10-22-24(2)14-16/h3-7,10,14,17-18,20H,8-9,11-13H2,1-2H3,(H,21,25)/t17-,18+/m1/s1. The average Bonchev–Trinajstić information content (AvgIpc) is 3.24. The van der Waals surface area contributed by atoms with Gasteiger partial charge >= 0.3 is 0 Å². The fourth-order valence-corrected chi connectivity index (χ4v) is 3.41. The van der Waals surface area contributed by atoms with Crippen molar-refractivity contribution in [1.82, 2.24) is 25.3 Å². The number of carbonyl (C=O) groups excluding carboxylic acids is 1. The lowest BCUT2D eigenvalue weighted by Crippen LogP contribution is -2.38. The number of nitrogens with zero attached hydrogens (tertiary/aromatic N) is 3. The lowest BCUT2D eigenvalue weighted by Gasteiger charge is -2.20. The zero-order chi connectivity index (χ0) is 17.6. The van der Waals surface area contributed by atoms with Crippen LogP contribution in [0.1, 0.15) is 17.0 Å². The third kappa shape index (κ3) is 4.67. The van der Waals surface area contributed by atoms with E-state index in [-0.39, 0.29) is 17.7 Å². The Balaban J connectivity index is 1.45.